The molecule has 3 rings (SSSR count). The largest absolute Gasteiger partial charge is 0.382 e. The number of anilines is 2. The summed E-state index contributed by atoms with van der Waals surface area (Å²) in [5.74, 6) is -0.0214. The molecular formula is C21H25N3O3. The van der Waals surface area contributed by atoms with Crippen molar-refractivity contribution in [2.24, 2.45) is 0 Å². The molecule has 0 aromatic heterocycles. The number of rotatable bonds is 7. The quantitative estimate of drug-likeness (QED) is 0.737. The average Bonchev–Trinajstić information content (AvgIpc) is 3.11. The lowest BCUT2D eigenvalue weighted by Crippen LogP contribution is -2.30. The zero-order valence-corrected chi connectivity index (χ0v) is 15.5. The minimum Gasteiger partial charge on any atom is -0.382 e. The fourth-order valence-corrected chi connectivity index (χ4v) is 3.10. The van der Waals surface area contributed by atoms with Crippen molar-refractivity contribution in [2.75, 3.05) is 36.5 Å². The van der Waals surface area contributed by atoms with Crippen molar-refractivity contribution < 1.29 is 14.3 Å². The normalized spacial score (nSPS) is 12.6. The van der Waals surface area contributed by atoms with Crippen molar-refractivity contribution >= 4 is 23.3 Å². The highest BCUT2D eigenvalue weighted by atomic mass is 16.5. The van der Waals surface area contributed by atoms with E-state index in [-0.39, 0.29) is 11.9 Å². The van der Waals surface area contributed by atoms with Crippen molar-refractivity contribution in [1.29, 1.82) is 0 Å². The minimum absolute atomic E-state index is 0.0214. The van der Waals surface area contributed by atoms with Crippen molar-refractivity contribution in [3.05, 3.63) is 59.7 Å². The number of nitrogens with zero attached hydrogens (tertiary/aromatic N) is 1. The van der Waals surface area contributed by atoms with Gasteiger partial charge in [0, 0.05) is 43.2 Å². The van der Waals surface area contributed by atoms with Crippen LogP contribution >= 0.6 is 0 Å². The predicted molar refractivity (Wildman–Crippen MR) is 106 cm³/mol. The third-order valence-corrected chi connectivity index (χ3v) is 4.46. The number of carbonyl (C=O) groups is 2. The van der Waals surface area contributed by atoms with E-state index in [0.29, 0.717) is 37.6 Å². The summed E-state index contributed by atoms with van der Waals surface area (Å²) >= 11 is 0. The van der Waals surface area contributed by atoms with Crippen LogP contribution in [0.2, 0.25) is 0 Å². The van der Waals surface area contributed by atoms with E-state index in [0.717, 1.165) is 24.1 Å². The highest BCUT2D eigenvalue weighted by molar-refractivity contribution is 6.07. The number of ether oxygens (including phenoxy) is 1. The van der Waals surface area contributed by atoms with Crippen LogP contribution in [0, 0.1) is 0 Å². The first-order valence-electron chi connectivity index (χ1n) is 9.31. The standard InChI is InChI=1S/C21H25N3O3/c1-2-27-14-6-12-22-21(26)23-18-10-9-16-11-13-24(19(16)15-18)20(25)17-7-4-3-5-8-17/h3-5,7-10,15H,2,6,11-14H2,1H3,(H2,22,23,26). The summed E-state index contributed by atoms with van der Waals surface area (Å²) in [4.78, 5) is 26.6. The molecule has 0 fully saturated rings. The Balaban J connectivity index is 1.62. The van der Waals surface area contributed by atoms with Crippen LogP contribution in [0.25, 0.3) is 0 Å². The van der Waals surface area contributed by atoms with Gasteiger partial charge in [-0.15, -0.1) is 0 Å². The Morgan fingerprint density at radius 1 is 1.15 bits per heavy atom. The molecule has 142 valence electrons. The first kappa shape index (κ1) is 18.9. The first-order valence-corrected chi connectivity index (χ1v) is 9.31. The summed E-state index contributed by atoms with van der Waals surface area (Å²) in [6, 6.07) is 14.7. The van der Waals surface area contributed by atoms with Crippen molar-refractivity contribution in [3.8, 4) is 0 Å². The fraction of sp³-hybridized carbons (Fsp3) is 0.333. The van der Waals surface area contributed by atoms with Crippen molar-refractivity contribution in [3.63, 3.8) is 0 Å². The molecule has 0 spiro atoms. The van der Waals surface area contributed by atoms with Crippen LogP contribution < -0.4 is 15.5 Å². The Bertz CT molecular complexity index is 793. The van der Waals surface area contributed by atoms with Gasteiger partial charge < -0.3 is 20.3 Å². The van der Waals surface area contributed by atoms with E-state index >= 15 is 0 Å². The molecule has 3 amide bonds. The Kier molecular flexibility index (Phi) is 6.44. The molecule has 0 saturated heterocycles. The second-order valence-corrected chi connectivity index (χ2v) is 6.35. The van der Waals surface area contributed by atoms with Crippen LogP contribution in [-0.4, -0.2) is 38.2 Å². The van der Waals surface area contributed by atoms with E-state index in [4.69, 9.17) is 4.74 Å². The summed E-state index contributed by atoms with van der Waals surface area (Å²) in [5.41, 5.74) is 3.31. The molecule has 2 aromatic carbocycles. The molecule has 0 atom stereocenters. The zero-order chi connectivity index (χ0) is 19.1. The molecule has 1 aliphatic rings. The zero-order valence-electron chi connectivity index (χ0n) is 15.5. The maximum atomic E-state index is 12.8. The van der Waals surface area contributed by atoms with Gasteiger partial charge in [0.25, 0.3) is 5.91 Å². The van der Waals surface area contributed by atoms with Crippen LogP contribution in [0.3, 0.4) is 0 Å². The Morgan fingerprint density at radius 2 is 1.96 bits per heavy atom. The van der Waals surface area contributed by atoms with E-state index in [1.807, 2.05) is 55.5 Å². The molecule has 1 heterocycles. The number of amides is 3. The van der Waals surface area contributed by atoms with Crippen LogP contribution in [0.1, 0.15) is 29.3 Å². The highest BCUT2D eigenvalue weighted by Crippen LogP contribution is 2.32. The summed E-state index contributed by atoms with van der Waals surface area (Å²) in [6.45, 7) is 4.46. The first-order chi connectivity index (χ1) is 13.2. The van der Waals surface area contributed by atoms with E-state index in [1.54, 1.807) is 4.90 Å². The molecular weight excluding hydrogens is 342 g/mol. The van der Waals surface area contributed by atoms with Gasteiger partial charge in [-0.1, -0.05) is 24.3 Å². The Labute approximate surface area is 159 Å². The highest BCUT2D eigenvalue weighted by Gasteiger charge is 2.25. The SMILES string of the molecule is CCOCCCNC(=O)Nc1ccc2c(c1)N(C(=O)c1ccccc1)CC2. The van der Waals surface area contributed by atoms with Crippen molar-refractivity contribution in [1.82, 2.24) is 5.32 Å². The number of urea groups is 1. The molecule has 27 heavy (non-hydrogen) atoms. The lowest BCUT2D eigenvalue weighted by Gasteiger charge is -2.18. The van der Waals surface area contributed by atoms with Gasteiger partial charge in [0.2, 0.25) is 0 Å². The smallest absolute Gasteiger partial charge is 0.319 e. The molecule has 2 N–H and O–H groups in total. The van der Waals surface area contributed by atoms with Gasteiger partial charge >= 0.3 is 6.03 Å². The van der Waals surface area contributed by atoms with Gasteiger partial charge in [-0.25, -0.2) is 4.79 Å². The number of hydrogen-bond acceptors (Lipinski definition) is 3. The van der Waals surface area contributed by atoms with Crippen LogP contribution in [-0.2, 0) is 11.2 Å². The Hall–Kier alpha value is -2.86. The molecule has 2 aromatic rings. The topological polar surface area (TPSA) is 70.7 Å². The fourth-order valence-electron chi connectivity index (χ4n) is 3.10. The predicted octanol–water partition coefficient (Wildman–Crippen LogP) is 3.44. The lowest BCUT2D eigenvalue weighted by atomic mass is 10.1. The second kappa shape index (κ2) is 9.19. The minimum atomic E-state index is -0.259. The van der Waals surface area contributed by atoms with Crippen LogP contribution in [0.4, 0.5) is 16.2 Å². The molecule has 0 bridgehead atoms. The molecule has 6 nitrogen and oxygen atoms in total. The van der Waals surface area contributed by atoms with E-state index < -0.39 is 0 Å². The average molecular weight is 367 g/mol. The monoisotopic (exact) mass is 367 g/mol. The Morgan fingerprint density at radius 3 is 2.74 bits per heavy atom. The van der Waals surface area contributed by atoms with Gasteiger partial charge in [-0.05, 0) is 49.6 Å². The number of benzene rings is 2. The van der Waals surface area contributed by atoms with Crippen LogP contribution in [0.15, 0.2) is 48.5 Å². The van der Waals surface area contributed by atoms with Crippen molar-refractivity contribution in [2.45, 2.75) is 19.8 Å². The van der Waals surface area contributed by atoms with E-state index in [1.165, 1.54) is 0 Å². The summed E-state index contributed by atoms with van der Waals surface area (Å²) in [7, 11) is 0. The molecule has 6 heteroatoms. The molecule has 0 saturated carbocycles. The molecule has 0 radical (unpaired) electrons. The maximum absolute atomic E-state index is 12.8. The number of carbonyl (C=O) groups excluding carboxylic acids is 2. The third-order valence-electron chi connectivity index (χ3n) is 4.46. The summed E-state index contributed by atoms with van der Waals surface area (Å²) in [5, 5.41) is 5.64. The summed E-state index contributed by atoms with van der Waals surface area (Å²) < 4.78 is 5.25. The summed E-state index contributed by atoms with van der Waals surface area (Å²) in [6.07, 6.45) is 1.59. The lowest BCUT2D eigenvalue weighted by molar-refractivity contribution is 0.0989. The van der Waals surface area contributed by atoms with Gasteiger partial charge in [-0.3, -0.25) is 4.79 Å². The third kappa shape index (κ3) is 4.86. The van der Waals surface area contributed by atoms with E-state index in [9.17, 15) is 9.59 Å². The van der Waals surface area contributed by atoms with Gasteiger partial charge in [0.15, 0.2) is 0 Å². The van der Waals surface area contributed by atoms with Gasteiger partial charge in [0.1, 0.15) is 0 Å². The molecule has 0 unspecified atom stereocenters. The number of nitrogens with one attached hydrogen (secondary N) is 2. The van der Waals surface area contributed by atoms with Gasteiger partial charge in [0.05, 0.1) is 0 Å². The maximum Gasteiger partial charge on any atom is 0.319 e. The number of fused-ring (bicyclic) bond motifs is 1. The number of hydrogen-bond donors (Lipinski definition) is 2. The van der Waals surface area contributed by atoms with Crippen LogP contribution in [0.5, 0.6) is 0 Å². The van der Waals surface area contributed by atoms with Gasteiger partial charge in [-0.2, -0.15) is 0 Å². The van der Waals surface area contributed by atoms with E-state index in [2.05, 4.69) is 10.6 Å². The second-order valence-electron chi connectivity index (χ2n) is 6.35. The molecule has 1 aliphatic heterocycles. The molecule has 0 aliphatic carbocycles.